The standard InChI is InChI=1S/C8H7FO3S.C2N2O4S/c9-5-3-6(13-4-5)8(10)12-7-1-2-11-7;5-1-3-9(7,8)4-2-6/h3-4,7H,1-2H2;. The van der Waals surface area contributed by atoms with Gasteiger partial charge >= 0.3 is 16.2 Å². The minimum Gasteiger partial charge on any atom is -0.431 e. The summed E-state index contributed by atoms with van der Waals surface area (Å²) in [6, 6.07) is 1.16. The smallest absolute Gasteiger partial charge is 0.383 e. The number of hydrogen-bond acceptors (Lipinski definition) is 8. The first-order valence-corrected chi connectivity index (χ1v) is 7.65. The number of nitrogens with zero attached hydrogens (tertiary/aromatic N) is 2. The van der Waals surface area contributed by atoms with Crippen molar-refractivity contribution in [1.82, 2.24) is 0 Å². The second-order valence-corrected chi connectivity index (χ2v) is 5.61. The summed E-state index contributed by atoms with van der Waals surface area (Å²) in [6.07, 6.45) is 1.70. The van der Waals surface area contributed by atoms with Gasteiger partial charge in [-0.25, -0.2) is 18.8 Å². The number of carbonyl (C=O) groups excluding carboxylic acids is 3. The molecule has 0 aromatic carbocycles. The Morgan fingerprint density at radius 2 is 2.00 bits per heavy atom. The zero-order chi connectivity index (χ0) is 16.6. The number of isocyanates is 2. The van der Waals surface area contributed by atoms with E-state index in [9.17, 15) is 27.2 Å². The molecule has 1 aliphatic rings. The Labute approximate surface area is 127 Å². The molecule has 1 saturated heterocycles. The van der Waals surface area contributed by atoms with Gasteiger partial charge in [-0.1, -0.05) is 8.80 Å². The van der Waals surface area contributed by atoms with Crippen LogP contribution in [0, 0.1) is 5.82 Å². The molecule has 1 unspecified atom stereocenters. The number of esters is 1. The third-order valence-electron chi connectivity index (χ3n) is 1.97. The molecular formula is C10H7FN2O7S2. The molecule has 0 aliphatic carbocycles. The van der Waals surface area contributed by atoms with Gasteiger partial charge < -0.3 is 9.47 Å². The fraction of sp³-hybridized carbons (Fsp3) is 0.300. The van der Waals surface area contributed by atoms with Crippen molar-refractivity contribution in [3.63, 3.8) is 0 Å². The lowest BCUT2D eigenvalue weighted by molar-refractivity contribution is -0.184. The summed E-state index contributed by atoms with van der Waals surface area (Å²) < 4.78 is 46.6. The summed E-state index contributed by atoms with van der Waals surface area (Å²) in [5, 5.41) is 1.26. The summed E-state index contributed by atoms with van der Waals surface area (Å²) in [7, 11) is -4.28. The van der Waals surface area contributed by atoms with Gasteiger partial charge in [-0.3, -0.25) is 0 Å². The quantitative estimate of drug-likeness (QED) is 0.444. The number of carbonyl (C=O) groups is 1. The maximum Gasteiger partial charge on any atom is 0.383 e. The monoisotopic (exact) mass is 350 g/mol. The number of rotatable bonds is 4. The van der Waals surface area contributed by atoms with E-state index in [0.29, 0.717) is 18.8 Å². The zero-order valence-corrected chi connectivity index (χ0v) is 12.2. The van der Waals surface area contributed by atoms with Crippen molar-refractivity contribution in [2.24, 2.45) is 8.80 Å². The molecule has 1 aromatic rings. The lowest BCUT2D eigenvalue weighted by atomic mass is 10.3. The molecule has 9 nitrogen and oxygen atoms in total. The Morgan fingerprint density at radius 3 is 2.36 bits per heavy atom. The maximum atomic E-state index is 12.5. The van der Waals surface area contributed by atoms with Crippen LogP contribution in [-0.4, -0.2) is 39.4 Å². The van der Waals surface area contributed by atoms with Crippen molar-refractivity contribution >= 4 is 39.7 Å². The highest BCUT2D eigenvalue weighted by atomic mass is 32.2. The average molecular weight is 350 g/mol. The van der Waals surface area contributed by atoms with Gasteiger partial charge in [0.1, 0.15) is 10.7 Å². The van der Waals surface area contributed by atoms with E-state index in [1.54, 1.807) is 0 Å². The lowest BCUT2D eigenvalue weighted by Gasteiger charge is -2.25. The molecule has 0 radical (unpaired) electrons. The van der Waals surface area contributed by atoms with Crippen LogP contribution in [0.1, 0.15) is 16.1 Å². The van der Waals surface area contributed by atoms with Crippen molar-refractivity contribution in [3.8, 4) is 0 Å². The summed E-state index contributed by atoms with van der Waals surface area (Å²) in [5.41, 5.74) is 0. The summed E-state index contributed by atoms with van der Waals surface area (Å²) >= 11 is 1.03. The highest BCUT2D eigenvalue weighted by Crippen LogP contribution is 2.18. The number of halogens is 1. The molecule has 22 heavy (non-hydrogen) atoms. The Balaban J connectivity index is 0.000000239. The van der Waals surface area contributed by atoms with Crippen molar-refractivity contribution in [2.45, 2.75) is 12.7 Å². The van der Waals surface area contributed by atoms with E-state index in [1.807, 2.05) is 0 Å². The molecule has 1 fully saturated rings. The predicted octanol–water partition coefficient (Wildman–Crippen LogP) is 0.693. The molecule has 2 heterocycles. The number of thiophene rings is 1. The van der Waals surface area contributed by atoms with Crippen LogP contribution >= 0.6 is 11.3 Å². The van der Waals surface area contributed by atoms with Gasteiger partial charge in [-0.15, -0.1) is 11.3 Å². The second-order valence-electron chi connectivity index (χ2n) is 3.44. The van der Waals surface area contributed by atoms with Crippen LogP contribution < -0.4 is 0 Å². The molecule has 1 atom stereocenters. The van der Waals surface area contributed by atoms with Crippen molar-refractivity contribution in [1.29, 1.82) is 0 Å². The molecule has 2 rings (SSSR count). The molecule has 0 amide bonds. The molecule has 1 aromatic heterocycles. The third kappa shape index (κ3) is 6.04. The van der Waals surface area contributed by atoms with E-state index in [4.69, 9.17) is 9.47 Å². The Hall–Kier alpha value is -2.23. The van der Waals surface area contributed by atoms with E-state index in [0.717, 1.165) is 23.8 Å². The molecule has 12 heteroatoms. The summed E-state index contributed by atoms with van der Waals surface area (Å²) in [5.74, 6) is -0.926. The summed E-state index contributed by atoms with van der Waals surface area (Å²) in [4.78, 5) is 29.9. The third-order valence-corrected chi connectivity index (χ3v) is 3.46. The molecule has 0 bridgehead atoms. The van der Waals surface area contributed by atoms with Crippen LogP contribution in [0.2, 0.25) is 0 Å². The van der Waals surface area contributed by atoms with Crippen LogP contribution in [0.3, 0.4) is 0 Å². The first kappa shape index (κ1) is 17.8. The highest BCUT2D eigenvalue weighted by molar-refractivity contribution is 7.89. The molecule has 0 saturated carbocycles. The Bertz CT molecular complexity index is 704. The maximum absolute atomic E-state index is 12.5. The van der Waals surface area contributed by atoms with Crippen LogP contribution in [0.15, 0.2) is 20.2 Å². The molecule has 1 aliphatic heterocycles. The fourth-order valence-corrected chi connectivity index (χ4v) is 1.88. The summed E-state index contributed by atoms with van der Waals surface area (Å²) in [6.45, 7) is 0.622. The lowest BCUT2D eigenvalue weighted by Crippen LogP contribution is -2.31. The van der Waals surface area contributed by atoms with E-state index in [2.05, 4.69) is 8.80 Å². The topological polar surface area (TPSA) is 129 Å². The Kier molecular flexibility index (Phi) is 6.70. The zero-order valence-electron chi connectivity index (χ0n) is 10.6. The average Bonchev–Trinajstić information content (AvgIpc) is 2.81. The SMILES string of the molecule is O=C(OC1CCO1)c1cc(F)cs1.O=C=NS(=O)(=O)N=C=O. The minimum atomic E-state index is -4.28. The first-order chi connectivity index (χ1) is 10.4. The van der Waals surface area contributed by atoms with E-state index >= 15 is 0 Å². The van der Waals surface area contributed by atoms with Crippen LogP contribution in [0.5, 0.6) is 0 Å². The number of hydrogen-bond donors (Lipinski definition) is 0. The van der Waals surface area contributed by atoms with E-state index < -0.39 is 28.3 Å². The molecule has 0 spiro atoms. The molecule has 118 valence electrons. The van der Waals surface area contributed by atoms with E-state index in [-0.39, 0.29) is 4.88 Å². The van der Waals surface area contributed by atoms with Gasteiger partial charge in [0.15, 0.2) is 0 Å². The number of ether oxygens (including phenoxy) is 2. The highest BCUT2D eigenvalue weighted by Gasteiger charge is 2.23. The largest absolute Gasteiger partial charge is 0.431 e. The second kappa shape index (κ2) is 8.27. The van der Waals surface area contributed by atoms with Gasteiger partial charge in [-0.05, 0) is 6.07 Å². The van der Waals surface area contributed by atoms with E-state index in [1.165, 1.54) is 5.38 Å². The van der Waals surface area contributed by atoms with Crippen LogP contribution in [0.4, 0.5) is 4.39 Å². The Morgan fingerprint density at radius 1 is 1.41 bits per heavy atom. The van der Waals surface area contributed by atoms with Gasteiger partial charge in [0.2, 0.25) is 6.29 Å². The van der Waals surface area contributed by atoms with Crippen molar-refractivity contribution < 1.29 is 36.7 Å². The van der Waals surface area contributed by atoms with Gasteiger partial charge in [0.25, 0.3) is 12.2 Å². The van der Waals surface area contributed by atoms with Crippen LogP contribution in [-0.2, 0) is 29.3 Å². The normalized spacial score (nSPS) is 16.0. The molecule has 0 N–H and O–H groups in total. The van der Waals surface area contributed by atoms with Gasteiger partial charge in [0, 0.05) is 11.8 Å². The van der Waals surface area contributed by atoms with Gasteiger partial charge in [-0.2, -0.15) is 8.42 Å². The van der Waals surface area contributed by atoms with Crippen LogP contribution in [0.25, 0.3) is 0 Å². The minimum absolute atomic E-state index is 0.271. The van der Waals surface area contributed by atoms with Crippen molar-refractivity contribution in [3.05, 3.63) is 22.1 Å². The molecular weight excluding hydrogens is 343 g/mol. The fourth-order valence-electron chi connectivity index (χ4n) is 1.02. The van der Waals surface area contributed by atoms with Crippen molar-refractivity contribution in [2.75, 3.05) is 6.61 Å². The first-order valence-electron chi connectivity index (χ1n) is 5.38. The van der Waals surface area contributed by atoms with Gasteiger partial charge in [0.05, 0.1) is 6.61 Å². The predicted molar refractivity (Wildman–Crippen MR) is 69.2 cm³/mol.